The second-order valence-corrected chi connectivity index (χ2v) is 5.10. The zero-order valence-electron chi connectivity index (χ0n) is 7.88. The number of halogens is 1. The highest BCUT2D eigenvalue weighted by Crippen LogP contribution is 2.27. The van der Waals surface area contributed by atoms with E-state index >= 15 is 0 Å². The van der Waals surface area contributed by atoms with E-state index < -0.39 is 0 Å². The van der Waals surface area contributed by atoms with Crippen LogP contribution in [0, 0.1) is 0 Å². The van der Waals surface area contributed by atoms with E-state index in [1.807, 2.05) is 18.7 Å². The molecule has 0 aliphatic carbocycles. The molecule has 0 unspecified atom stereocenters. The van der Waals surface area contributed by atoms with E-state index in [1.165, 1.54) is 10.5 Å². The summed E-state index contributed by atoms with van der Waals surface area (Å²) in [6.45, 7) is 4.14. The van der Waals surface area contributed by atoms with Crippen LogP contribution in [-0.2, 0) is 0 Å². The minimum Gasteiger partial charge on any atom is -0.324 e. The van der Waals surface area contributed by atoms with Crippen LogP contribution in [-0.4, -0.2) is 5.75 Å². The van der Waals surface area contributed by atoms with Crippen molar-refractivity contribution < 1.29 is 0 Å². The third-order valence-electron chi connectivity index (χ3n) is 1.77. The molecule has 0 bridgehead atoms. The first-order valence-corrected chi connectivity index (χ1v) is 6.10. The van der Waals surface area contributed by atoms with E-state index in [4.69, 9.17) is 5.73 Å². The summed E-state index contributed by atoms with van der Waals surface area (Å²) in [7, 11) is 0. The molecule has 0 saturated carbocycles. The Kier molecular flexibility index (Phi) is 4.29. The third-order valence-corrected chi connectivity index (χ3v) is 3.34. The second kappa shape index (κ2) is 5.03. The largest absolute Gasteiger partial charge is 0.324 e. The van der Waals surface area contributed by atoms with Gasteiger partial charge in [-0.1, -0.05) is 28.9 Å². The first-order chi connectivity index (χ1) is 6.15. The summed E-state index contributed by atoms with van der Waals surface area (Å²) in [4.78, 5) is 1.29. The van der Waals surface area contributed by atoms with Crippen LogP contribution < -0.4 is 5.73 Å². The molecular formula is C10H14BrNS. The lowest BCUT2D eigenvalue weighted by Gasteiger charge is -2.09. The lowest BCUT2D eigenvalue weighted by atomic mass is 10.1. The molecule has 0 radical (unpaired) electrons. The van der Waals surface area contributed by atoms with Gasteiger partial charge >= 0.3 is 0 Å². The molecule has 1 aromatic rings. The Hall–Kier alpha value is 0.01000. The lowest BCUT2D eigenvalue weighted by molar-refractivity contribution is 0.811. The van der Waals surface area contributed by atoms with Crippen molar-refractivity contribution in [2.75, 3.05) is 5.75 Å². The SMILES string of the molecule is CCSc1ccc([C@H](C)N)c(Br)c1. The predicted octanol–water partition coefficient (Wildman–Crippen LogP) is 3.58. The minimum atomic E-state index is 0.0926. The predicted molar refractivity (Wildman–Crippen MR) is 63.1 cm³/mol. The van der Waals surface area contributed by atoms with Gasteiger partial charge in [0.1, 0.15) is 0 Å². The molecule has 0 aliphatic heterocycles. The molecule has 3 heteroatoms. The summed E-state index contributed by atoms with van der Waals surface area (Å²) in [6.07, 6.45) is 0. The average molecular weight is 260 g/mol. The van der Waals surface area contributed by atoms with Crippen LogP contribution in [0.15, 0.2) is 27.6 Å². The molecule has 0 aliphatic rings. The van der Waals surface area contributed by atoms with Crippen LogP contribution in [0.1, 0.15) is 25.5 Å². The zero-order valence-corrected chi connectivity index (χ0v) is 10.3. The Morgan fingerprint density at radius 2 is 2.23 bits per heavy atom. The summed E-state index contributed by atoms with van der Waals surface area (Å²) >= 11 is 5.36. The number of benzene rings is 1. The van der Waals surface area contributed by atoms with Gasteiger partial charge in [0.05, 0.1) is 0 Å². The van der Waals surface area contributed by atoms with Crippen molar-refractivity contribution in [1.29, 1.82) is 0 Å². The number of hydrogen-bond acceptors (Lipinski definition) is 2. The fraction of sp³-hybridized carbons (Fsp3) is 0.400. The fourth-order valence-electron chi connectivity index (χ4n) is 1.13. The first-order valence-electron chi connectivity index (χ1n) is 4.33. The van der Waals surface area contributed by atoms with E-state index in [0.717, 1.165) is 10.2 Å². The third kappa shape index (κ3) is 3.01. The molecule has 0 spiro atoms. The standard InChI is InChI=1S/C10H14BrNS/c1-3-13-8-4-5-9(7(2)12)10(11)6-8/h4-7H,3,12H2,1-2H3/t7-/m0/s1. The Morgan fingerprint density at radius 1 is 1.54 bits per heavy atom. The van der Waals surface area contributed by atoms with E-state index in [0.29, 0.717) is 0 Å². The number of rotatable bonds is 3. The van der Waals surface area contributed by atoms with Crippen molar-refractivity contribution in [2.24, 2.45) is 5.73 Å². The second-order valence-electron chi connectivity index (χ2n) is 2.91. The van der Waals surface area contributed by atoms with Crippen LogP contribution in [0.2, 0.25) is 0 Å². The van der Waals surface area contributed by atoms with Gasteiger partial charge < -0.3 is 5.73 Å². The van der Waals surface area contributed by atoms with Gasteiger partial charge in [-0.2, -0.15) is 0 Å². The summed E-state index contributed by atoms with van der Waals surface area (Å²) in [5.41, 5.74) is 6.97. The molecule has 0 fully saturated rings. The summed E-state index contributed by atoms with van der Waals surface area (Å²) < 4.78 is 1.11. The molecule has 13 heavy (non-hydrogen) atoms. The van der Waals surface area contributed by atoms with Gasteiger partial charge in [-0.3, -0.25) is 0 Å². The van der Waals surface area contributed by atoms with Gasteiger partial charge in [-0.25, -0.2) is 0 Å². The van der Waals surface area contributed by atoms with Crippen LogP contribution in [0.3, 0.4) is 0 Å². The summed E-state index contributed by atoms with van der Waals surface area (Å²) in [5, 5.41) is 0. The Balaban J connectivity index is 2.92. The average Bonchev–Trinajstić information content (AvgIpc) is 2.04. The monoisotopic (exact) mass is 259 g/mol. The number of nitrogens with two attached hydrogens (primary N) is 1. The molecule has 0 heterocycles. The van der Waals surface area contributed by atoms with Crippen LogP contribution in [0.25, 0.3) is 0 Å². The van der Waals surface area contributed by atoms with E-state index in [-0.39, 0.29) is 6.04 Å². The van der Waals surface area contributed by atoms with Gasteiger partial charge in [0.2, 0.25) is 0 Å². The van der Waals surface area contributed by atoms with E-state index in [2.05, 4.69) is 41.1 Å². The molecule has 0 saturated heterocycles. The molecule has 2 N–H and O–H groups in total. The van der Waals surface area contributed by atoms with Crippen molar-refractivity contribution in [2.45, 2.75) is 24.8 Å². The summed E-state index contributed by atoms with van der Waals surface area (Å²) in [5.74, 6) is 1.10. The van der Waals surface area contributed by atoms with Gasteiger partial charge in [0, 0.05) is 15.4 Å². The summed E-state index contributed by atoms with van der Waals surface area (Å²) in [6, 6.07) is 6.44. The number of hydrogen-bond donors (Lipinski definition) is 1. The van der Waals surface area contributed by atoms with Crippen molar-refractivity contribution >= 4 is 27.7 Å². The Bertz CT molecular complexity index is 286. The van der Waals surface area contributed by atoms with Crippen LogP contribution in [0.4, 0.5) is 0 Å². The quantitative estimate of drug-likeness (QED) is 0.840. The zero-order chi connectivity index (χ0) is 9.84. The van der Waals surface area contributed by atoms with Crippen molar-refractivity contribution in [3.63, 3.8) is 0 Å². The smallest absolute Gasteiger partial charge is 0.0277 e. The molecule has 1 aromatic carbocycles. The van der Waals surface area contributed by atoms with Gasteiger partial charge in [0.15, 0.2) is 0 Å². The Labute approximate surface area is 92.2 Å². The molecule has 1 rings (SSSR count). The van der Waals surface area contributed by atoms with Crippen molar-refractivity contribution in [3.05, 3.63) is 28.2 Å². The van der Waals surface area contributed by atoms with E-state index in [1.54, 1.807) is 0 Å². The van der Waals surface area contributed by atoms with Crippen molar-refractivity contribution in [1.82, 2.24) is 0 Å². The molecule has 1 nitrogen and oxygen atoms in total. The van der Waals surface area contributed by atoms with Gasteiger partial charge in [-0.05, 0) is 30.4 Å². The van der Waals surface area contributed by atoms with Crippen molar-refractivity contribution in [3.8, 4) is 0 Å². The molecule has 0 aromatic heterocycles. The molecule has 72 valence electrons. The number of thioether (sulfide) groups is 1. The maximum absolute atomic E-state index is 5.80. The topological polar surface area (TPSA) is 26.0 Å². The van der Waals surface area contributed by atoms with Gasteiger partial charge in [0.25, 0.3) is 0 Å². The Morgan fingerprint density at radius 3 is 2.69 bits per heavy atom. The maximum Gasteiger partial charge on any atom is 0.0277 e. The highest BCUT2D eigenvalue weighted by molar-refractivity contribution is 9.10. The molecule has 0 amide bonds. The van der Waals surface area contributed by atoms with Crippen LogP contribution >= 0.6 is 27.7 Å². The maximum atomic E-state index is 5.80. The first kappa shape index (κ1) is 11.1. The molecular weight excluding hydrogens is 246 g/mol. The normalized spacial score (nSPS) is 12.9. The molecule has 1 atom stereocenters. The van der Waals surface area contributed by atoms with Crippen LogP contribution in [0.5, 0.6) is 0 Å². The fourth-order valence-corrected chi connectivity index (χ4v) is 2.72. The highest BCUT2D eigenvalue weighted by Gasteiger charge is 2.04. The van der Waals surface area contributed by atoms with Gasteiger partial charge in [-0.15, -0.1) is 11.8 Å². The minimum absolute atomic E-state index is 0.0926. The van der Waals surface area contributed by atoms with E-state index in [9.17, 15) is 0 Å². The highest BCUT2D eigenvalue weighted by atomic mass is 79.9. The lowest BCUT2D eigenvalue weighted by Crippen LogP contribution is -2.05.